The summed E-state index contributed by atoms with van der Waals surface area (Å²) >= 11 is 0. The van der Waals surface area contributed by atoms with Crippen LogP contribution >= 0.6 is 0 Å². The molecule has 1 unspecified atom stereocenters. The van der Waals surface area contributed by atoms with Gasteiger partial charge in [0.15, 0.2) is 16.0 Å². The lowest BCUT2D eigenvalue weighted by Gasteiger charge is -2.18. The molecule has 10 heteroatoms. The first-order chi connectivity index (χ1) is 11.6. The first-order valence-electron chi connectivity index (χ1n) is 7.35. The van der Waals surface area contributed by atoms with E-state index in [1.165, 1.54) is 25.3 Å². The number of hydrogen-bond donors (Lipinski definition) is 0. The maximum absolute atomic E-state index is 13.4. The van der Waals surface area contributed by atoms with E-state index in [1.54, 1.807) is 0 Å². The summed E-state index contributed by atoms with van der Waals surface area (Å²) in [7, 11) is -3.62. The Morgan fingerprint density at radius 2 is 2.00 bits per heavy atom. The summed E-state index contributed by atoms with van der Waals surface area (Å²) in [5.74, 6) is -3.90. The van der Waals surface area contributed by atoms with Crippen LogP contribution in [0, 0.1) is 0 Å². The molecular formula is C15H16F3N3O3S. The number of alkyl halides is 3. The topological polar surface area (TPSA) is 81.9 Å². The third kappa shape index (κ3) is 4.06. The van der Waals surface area contributed by atoms with E-state index in [9.17, 15) is 26.4 Å². The molecule has 0 aliphatic rings. The molecule has 2 aromatic rings. The minimum absolute atomic E-state index is 0.0424. The number of aromatic nitrogens is 3. The minimum atomic E-state index is -3.73. The van der Waals surface area contributed by atoms with Gasteiger partial charge in [-0.3, -0.25) is 14.3 Å². The van der Waals surface area contributed by atoms with Crippen LogP contribution < -0.4 is 5.56 Å². The van der Waals surface area contributed by atoms with Crippen molar-refractivity contribution >= 4 is 9.84 Å². The molecule has 136 valence electrons. The van der Waals surface area contributed by atoms with Crippen molar-refractivity contribution in [3.05, 3.63) is 41.1 Å². The average molecular weight is 375 g/mol. The zero-order valence-corrected chi connectivity index (χ0v) is 14.3. The van der Waals surface area contributed by atoms with E-state index < -0.39 is 34.0 Å². The number of sulfone groups is 1. The fourth-order valence-corrected chi connectivity index (χ4v) is 3.07. The summed E-state index contributed by atoms with van der Waals surface area (Å²) in [6, 6.07) is 3.65. The van der Waals surface area contributed by atoms with Crippen molar-refractivity contribution in [2.45, 2.75) is 37.4 Å². The molecule has 0 aromatic carbocycles. The number of rotatable bonds is 6. The smallest absolute Gasteiger partial charge is 0.293 e. The largest absolute Gasteiger partial charge is 0.295 e. The van der Waals surface area contributed by atoms with Gasteiger partial charge in [-0.05, 0) is 19.1 Å². The monoisotopic (exact) mass is 375 g/mol. The predicted octanol–water partition coefficient (Wildman–Crippen LogP) is 2.09. The highest BCUT2D eigenvalue weighted by atomic mass is 32.2. The molecule has 0 saturated heterocycles. The van der Waals surface area contributed by atoms with Gasteiger partial charge in [-0.1, -0.05) is 6.92 Å². The second-order valence-corrected chi connectivity index (χ2v) is 7.62. The molecule has 0 aliphatic heterocycles. The molecule has 0 bridgehead atoms. The van der Waals surface area contributed by atoms with Gasteiger partial charge in [0, 0.05) is 12.3 Å². The second-order valence-electron chi connectivity index (χ2n) is 5.37. The van der Waals surface area contributed by atoms with Crippen LogP contribution in [0.25, 0.3) is 11.4 Å². The first-order valence-corrected chi connectivity index (χ1v) is 9.00. The number of pyridine rings is 1. The molecule has 2 heterocycles. The van der Waals surface area contributed by atoms with E-state index in [1.807, 2.05) is 0 Å². The van der Waals surface area contributed by atoms with Gasteiger partial charge in [0.1, 0.15) is 5.69 Å². The maximum atomic E-state index is 13.4. The third-order valence-corrected chi connectivity index (χ3v) is 5.33. The zero-order valence-electron chi connectivity index (χ0n) is 13.5. The van der Waals surface area contributed by atoms with Crippen LogP contribution in [-0.4, -0.2) is 40.8 Å². The van der Waals surface area contributed by atoms with E-state index in [0.717, 1.165) is 12.4 Å². The van der Waals surface area contributed by atoms with Crippen molar-refractivity contribution in [1.82, 2.24) is 14.5 Å². The Morgan fingerprint density at radius 3 is 2.56 bits per heavy atom. The Hall–Kier alpha value is -2.23. The van der Waals surface area contributed by atoms with Crippen molar-refractivity contribution in [3.8, 4) is 11.4 Å². The lowest BCUT2D eigenvalue weighted by atomic mass is 10.2. The molecule has 0 fully saturated rings. The highest BCUT2D eigenvalue weighted by Crippen LogP contribution is 2.25. The van der Waals surface area contributed by atoms with Crippen molar-refractivity contribution in [2.75, 3.05) is 5.75 Å². The van der Waals surface area contributed by atoms with Gasteiger partial charge < -0.3 is 0 Å². The summed E-state index contributed by atoms with van der Waals surface area (Å²) in [6.45, 7) is 0.986. The molecule has 1 atom stereocenters. The Bertz CT molecular complexity index is 927. The number of halogens is 3. The molecule has 0 radical (unpaired) electrons. The van der Waals surface area contributed by atoms with Crippen LogP contribution in [0.4, 0.5) is 13.2 Å². The summed E-state index contributed by atoms with van der Waals surface area (Å²) in [5.41, 5.74) is -0.972. The van der Waals surface area contributed by atoms with E-state index in [2.05, 4.69) is 9.97 Å². The predicted molar refractivity (Wildman–Crippen MR) is 85.0 cm³/mol. The molecule has 0 spiro atoms. The Balaban J connectivity index is 2.49. The third-order valence-electron chi connectivity index (χ3n) is 3.57. The van der Waals surface area contributed by atoms with E-state index in [-0.39, 0.29) is 22.0 Å². The molecule has 0 amide bonds. The average Bonchev–Trinajstić information content (AvgIpc) is 2.56. The molecule has 2 rings (SSSR count). The van der Waals surface area contributed by atoms with Gasteiger partial charge >= 0.3 is 0 Å². The van der Waals surface area contributed by atoms with Gasteiger partial charge in [-0.2, -0.15) is 0 Å². The van der Waals surface area contributed by atoms with Crippen LogP contribution in [-0.2, 0) is 16.4 Å². The van der Waals surface area contributed by atoms with Crippen LogP contribution in [0.2, 0.25) is 0 Å². The number of hydrogen-bond acceptors (Lipinski definition) is 5. The summed E-state index contributed by atoms with van der Waals surface area (Å²) < 4.78 is 64.6. The summed E-state index contributed by atoms with van der Waals surface area (Å²) in [5, 5.41) is 0. The van der Waals surface area contributed by atoms with Crippen molar-refractivity contribution in [2.24, 2.45) is 0 Å². The SMILES string of the molecule is CCS(=O)(=O)c1cccnc1-c1cc(=O)n(CC(F)(F)C(C)F)cn1. The van der Waals surface area contributed by atoms with E-state index in [4.69, 9.17) is 0 Å². The zero-order chi connectivity index (χ0) is 18.8. The normalized spacial score (nSPS) is 13.6. The minimum Gasteiger partial charge on any atom is -0.293 e. The highest BCUT2D eigenvalue weighted by molar-refractivity contribution is 7.91. The Labute approximate surface area is 142 Å². The van der Waals surface area contributed by atoms with Gasteiger partial charge in [0.25, 0.3) is 11.5 Å². The van der Waals surface area contributed by atoms with Crippen molar-refractivity contribution in [1.29, 1.82) is 0 Å². The van der Waals surface area contributed by atoms with Gasteiger partial charge in [-0.25, -0.2) is 26.6 Å². The molecule has 2 aromatic heterocycles. The lowest BCUT2D eigenvalue weighted by Crippen LogP contribution is -2.37. The first kappa shape index (κ1) is 19.1. The lowest BCUT2D eigenvalue weighted by molar-refractivity contribution is -0.0786. The van der Waals surface area contributed by atoms with E-state index in [0.29, 0.717) is 11.5 Å². The maximum Gasteiger partial charge on any atom is 0.295 e. The van der Waals surface area contributed by atoms with Gasteiger partial charge in [0.2, 0.25) is 0 Å². The Morgan fingerprint density at radius 1 is 1.32 bits per heavy atom. The molecule has 0 N–H and O–H groups in total. The van der Waals surface area contributed by atoms with Crippen LogP contribution in [0.15, 0.2) is 40.4 Å². The molecule has 25 heavy (non-hydrogen) atoms. The molecular weight excluding hydrogens is 359 g/mol. The summed E-state index contributed by atoms with van der Waals surface area (Å²) in [4.78, 5) is 19.7. The molecule has 0 saturated carbocycles. The Kier molecular flexibility index (Phi) is 5.31. The standard InChI is InChI=1S/C15H16F3N3O3S/c1-3-25(23,24)12-5-4-6-19-14(12)11-7-13(22)21(9-20-11)8-15(17,18)10(2)16/h4-7,9-10H,3,8H2,1-2H3. The highest BCUT2D eigenvalue weighted by Gasteiger charge is 2.37. The van der Waals surface area contributed by atoms with E-state index >= 15 is 0 Å². The second kappa shape index (κ2) is 6.95. The number of nitrogens with zero attached hydrogens (tertiary/aromatic N) is 3. The van der Waals surface area contributed by atoms with Crippen LogP contribution in [0.5, 0.6) is 0 Å². The fraction of sp³-hybridized carbons (Fsp3) is 0.400. The quantitative estimate of drug-likeness (QED) is 0.772. The van der Waals surface area contributed by atoms with Gasteiger partial charge in [-0.15, -0.1) is 0 Å². The fourth-order valence-electron chi connectivity index (χ4n) is 2.02. The molecule has 6 nitrogen and oxygen atoms in total. The molecule has 0 aliphatic carbocycles. The van der Waals surface area contributed by atoms with Gasteiger partial charge in [0.05, 0.1) is 29.2 Å². The summed E-state index contributed by atoms with van der Waals surface area (Å²) in [6.07, 6.45) is -0.280. The van der Waals surface area contributed by atoms with Crippen LogP contribution in [0.3, 0.4) is 0 Å². The van der Waals surface area contributed by atoms with Crippen molar-refractivity contribution < 1.29 is 21.6 Å². The van der Waals surface area contributed by atoms with Crippen LogP contribution in [0.1, 0.15) is 13.8 Å². The van der Waals surface area contributed by atoms with Crippen molar-refractivity contribution in [3.63, 3.8) is 0 Å².